The Balaban J connectivity index is 1.61. The summed E-state index contributed by atoms with van der Waals surface area (Å²) in [7, 11) is 6.43. The lowest BCUT2D eigenvalue weighted by Gasteiger charge is -2.38. The largest absolute Gasteiger partial charge is 0.494 e. The molecule has 5 rings (SSSR count). The van der Waals surface area contributed by atoms with E-state index in [2.05, 4.69) is 6.07 Å². The quantitative estimate of drug-likeness (QED) is 0.421. The second kappa shape index (κ2) is 9.89. The summed E-state index contributed by atoms with van der Waals surface area (Å²) in [4.78, 5) is 0. The molecule has 0 bridgehead atoms. The number of methoxy groups -OCH3 is 4. The van der Waals surface area contributed by atoms with Gasteiger partial charge in [-0.15, -0.1) is 0 Å². The molecule has 2 atom stereocenters. The van der Waals surface area contributed by atoms with Gasteiger partial charge in [-0.2, -0.15) is 5.10 Å². The van der Waals surface area contributed by atoms with Crippen LogP contribution in [0, 0.1) is 0 Å². The third-order valence-electron chi connectivity index (χ3n) is 6.47. The van der Waals surface area contributed by atoms with E-state index >= 15 is 0 Å². The minimum Gasteiger partial charge on any atom is -0.494 e. The molecule has 0 spiro atoms. The van der Waals surface area contributed by atoms with Crippen molar-refractivity contribution in [3.05, 3.63) is 71.3 Å². The molecule has 188 valence electrons. The highest BCUT2D eigenvalue weighted by Gasteiger charge is 2.42. The fraction of sp³-hybridized carbons (Fsp3) is 0.321. The summed E-state index contributed by atoms with van der Waals surface area (Å²) in [5, 5.41) is 7.06. The van der Waals surface area contributed by atoms with Crippen LogP contribution in [0.5, 0.6) is 34.5 Å². The van der Waals surface area contributed by atoms with E-state index in [9.17, 15) is 0 Å². The molecule has 0 saturated heterocycles. The predicted molar refractivity (Wildman–Crippen MR) is 136 cm³/mol. The molecule has 0 radical (unpaired) electrons. The van der Waals surface area contributed by atoms with E-state index in [0.717, 1.165) is 34.6 Å². The molecule has 2 heterocycles. The smallest absolute Gasteiger partial charge is 0.214 e. The van der Waals surface area contributed by atoms with Gasteiger partial charge < -0.3 is 28.4 Å². The second-order valence-corrected chi connectivity index (χ2v) is 8.41. The molecule has 0 N–H and O–H groups in total. The van der Waals surface area contributed by atoms with Gasteiger partial charge in [-0.1, -0.05) is 12.1 Å². The molecule has 0 unspecified atom stereocenters. The molecule has 0 amide bonds. The van der Waals surface area contributed by atoms with Gasteiger partial charge in [0, 0.05) is 17.5 Å². The lowest BCUT2D eigenvalue weighted by atomic mass is 9.95. The number of hydrazone groups is 1. The van der Waals surface area contributed by atoms with Crippen molar-refractivity contribution in [2.24, 2.45) is 5.10 Å². The van der Waals surface area contributed by atoms with Crippen LogP contribution in [-0.4, -0.2) is 45.8 Å². The first-order valence-corrected chi connectivity index (χ1v) is 11.8. The standard InChI is InChI=1S/C28H30N2O6/c1-6-35-19-12-10-17(11-13-19)21-16-22-20-8-7-9-23(31-2)26(20)36-28(30(22)29-21)18-14-24(32-3)27(34-5)25(15-18)33-4/h7-15,22,28H,6,16H2,1-5H3/t22-,28+/m0/s1. The van der Waals surface area contributed by atoms with Gasteiger partial charge in [-0.05, 0) is 55.0 Å². The van der Waals surface area contributed by atoms with E-state index in [4.69, 9.17) is 33.5 Å². The molecule has 2 aliphatic heterocycles. The molecule has 8 nitrogen and oxygen atoms in total. The van der Waals surface area contributed by atoms with Gasteiger partial charge in [0.1, 0.15) is 5.75 Å². The highest BCUT2D eigenvalue weighted by Crippen LogP contribution is 2.52. The number of hydrogen-bond donors (Lipinski definition) is 0. The van der Waals surface area contributed by atoms with E-state index in [-0.39, 0.29) is 6.04 Å². The monoisotopic (exact) mass is 490 g/mol. The summed E-state index contributed by atoms with van der Waals surface area (Å²) in [6, 6.07) is 17.8. The van der Waals surface area contributed by atoms with Gasteiger partial charge in [0.15, 0.2) is 23.0 Å². The van der Waals surface area contributed by atoms with Crippen LogP contribution in [0.25, 0.3) is 0 Å². The van der Waals surface area contributed by atoms with E-state index in [1.165, 1.54) is 0 Å². The third-order valence-corrected chi connectivity index (χ3v) is 6.47. The summed E-state index contributed by atoms with van der Waals surface area (Å²) in [5.74, 6) is 3.85. The van der Waals surface area contributed by atoms with E-state index < -0.39 is 6.23 Å². The maximum atomic E-state index is 6.58. The molecule has 0 aromatic heterocycles. The summed E-state index contributed by atoms with van der Waals surface area (Å²) >= 11 is 0. The molecular weight excluding hydrogens is 460 g/mol. The highest BCUT2D eigenvalue weighted by atomic mass is 16.5. The van der Waals surface area contributed by atoms with Crippen LogP contribution in [0.2, 0.25) is 0 Å². The summed E-state index contributed by atoms with van der Waals surface area (Å²) in [5.41, 5.74) is 3.87. The Labute approximate surface area is 210 Å². The van der Waals surface area contributed by atoms with Gasteiger partial charge in [0.2, 0.25) is 12.0 Å². The molecule has 3 aromatic carbocycles. The summed E-state index contributed by atoms with van der Waals surface area (Å²) < 4.78 is 34.6. The first-order chi connectivity index (χ1) is 17.6. The number of benzene rings is 3. The van der Waals surface area contributed by atoms with Crippen molar-refractivity contribution in [3.63, 3.8) is 0 Å². The average Bonchev–Trinajstić information content (AvgIpc) is 3.37. The van der Waals surface area contributed by atoms with Crippen LogP contribution >= 0.6 is 0 Å². The van der Waals surface area contributed by atoms with Gasteiger partial charge in [-0.25, -0.2) is 5.01 Å². The van der Waals surface area contributed by atoms with Crippen molar-refractivity contribution in [3.8, 4) is 34.5 Å². The van der Waals surface area contributed by atoms with Crippen molar-refractivity contribution < 1.29 is 28.4 Å². The Bertz CT molecular complexity index is 1250. The zero-order chi connectivity index (χ0) is 25.2. The Hall–Kier alpha value is -4.07. The fourth-order valence-electron chi connectivity index (χ4n) is 4.79. The SMILES string of the molecule is CCOc1ccc(C2=NN3[C@@H](c4cc(OC)c(OC)c(OC)c4)Oc4c(OC)cccc4[C@@H]3C2)cc1. The average molecular weight is 491 g/mol. The van der Waals surface area contributed by atoms with Crippen LogP contribution in [0.4, 0.5) is 0 Å². The molecule has 3 aromatic rings. The third kappa shape index (κ3) is 4.02. The van der Waals surface area contributed by atoms with Crippen molar-refractivity contribution in [1.29, 1.82) is 0 Å². The van der Waals surface area contributed by atoms with E-state index in [1.807, 2.05) is 60.5 Å². The predicted octanol–water partition coefficient (Wildman–Crippen LogP) is 5.36. The normalized spacial score (nSPS) is 17.9. The molecular formula is C28H30N2O6. The van der Waals surface area contributed by atoms with E-state index in [0.29, 0.717) is 35.4 Å². The van der Waals surface area contributed by atoms with Crippen LogP contribution in [0.1, 0.15) is 42.3 Å². The fourth-order valence-corrected chi connectivity index (χ4v) is 4.79. The Morgan fingerprint density at radius 1 is 0.889 bits per heavy atom. The topological polar surface area (TPSA) is 71.0 Å². The molecule has 36 heavy (non-hydrogen) atoms. The lowest BCUT2D eigenvalue weighted by molar-refractivity contribution is -0.0211. The maximum Gasteiger partial charge on any atom is 0.214 e. The van der Waals surface area contributed by atoms with Crippen LogP contribution < -0.4 is 28.4 Å². The van der Waals surface area contributed by atoms with Gasteiger partial charge in [0.25, 0.3) is 0 Å². The Kier molecular flexibility index (Phi) is 6.50. The summed E-state index contributed by atoms with van der Waals surface area (Å²) in [6.07, 6.45) is 0.186. The molecule has 8 heteroatoms. The van der Waals surface area contributed by atoms with Crippen molar-refractivity contribution in [2.75, 3.05) is 35.0 Å². The van der Waals surface area contributed by atoms with Crippen molar-refractivity contribution >= 4 is 5.71 Å². The number of rotatable bonds is 8. The molecule has 0 fully saturated rings. The minimum atomic E-state index is -0.535. The first-order valence-electron chi connectivity index (χ1n) is 11.8. The van der Waals surface area contributed by atoms with E-state index in [1.54, 1.807) is 28.4 Å². The minimum absolute atomic E-state index is 0.0329. The van der Waals surface area contributed by atoms with Gasteiger partial charge in [0.05, 0.1) is 46.8 Å². The maximum absolute atomic E-state index is 6.58. The van der Waals surface area contributed by atoms with Crippen LogP contribution in [-0.2, 0) is 0 Å². The number of ether oxygens (including phenoxy) is 6. The number of hydrogen-bond acceptors (Lipinski definition) is 8. The zero-order valence-corrected chi connectivity index (χ0v) is 21.1. The van der Waals surface area contributed by atoms with Crippen LogP contribution in [0.3, 0.4) is 0 Å². The Morgan fingerprint density at radius 2 is 1.58 bits per heavy atom. The van der Waals surface area contributed by atoms with Gasteiger partial charge >= 0.3 is 0 Å². The van der Waals surface area contributed by atoms with Crippen molar-refractivity contribution in [1.82, 2.24) is 5.01 Å². The zero-order valence-electron chi connectivity index (χ0n) is 21.1. The van der Waals surface area contributed by atoms with Crippen LogP contribution in [0.15, 0.2) is 59.7 Å². The van der Waals surface area contributed by atoms with Gasteiger partial charge in [-0.3, -0.25) is 0 Å². The first kappa shape index (κ1) is 23.7. The second-order valence-electron chi connectivity index (χ2n) is 8.41. The number of para-hydroxylation sites is 1. The summed E-state index contributed by atoms with van der Waals surface area (Å²) in [6.45, 7) is 2.60. The Morgan fingerprint density at radius 3 is 2.19 bits per heavy atom. The lowest BCUT2D eigenvalue weighted by Crippen LogP contribution is -2.34. The molecule has 0 saturated carbocycles. The number of fused-ring (bicyclic) bond motifs is 3. The molecule has 2 aliphatic rings. The number of nitrogens with zero attached hydrogens (tertiary/aromatic N) is 2. The van der Waals surface area contributed by atoms with Crippen molar-refractivity contribution in [2.45, 2.75) is 25.6 Å². The molecule has 0 aliphatic carbocycles. The highest BCUT2D eigenvalue weighted by molar-refractivity contribution is 6.02.